The second-order valence-corrected chi connectivity index (χ2v) is 2.80. The van der Waals surface area contributed by atoms with E-state index in [1.807, 2.05) is 42.5 Å². The van der Waals surface area contributed by atoms with Crippen LogP contribution in [-0.2, 0) is 26.2 Å². The van der Waals surface area contributed by atoms with Crippen LogP contribution in [0.25, 0.3) is 11.1 Å². The van der Waals surface area contributed by atoms with Gasteiger partial charge in [-0.3, -0.25) is 4.98 Å². The average Bonchev–Trinajstić information content (AvgIpc) is 2.80. The van der Waals surface area contributed by atoms with Crippen molar-refractivity contribution in [3.63, 3.8) is 0 Å². The molecular weight excluding hydrogens is 421 g/mol. The zero-order valence-electron chi connectivity index (χ0n) is 10.0. The minimum atomic E-state index is 0. The van der Waals surface area contributed by atoms with E-state index in [2.05, 4.69) is 16.4 Å². The van der Waals surface area contributed by atoms with Gasteiger partial charge in [-0.1, -0.05) is 24.3 Å². The normalized spacial score (nSPS) is 7.00. The molecule has 106 valence electrons. The molecule has 0 fully saturated rings. The first-order chi connectivity index (χ1) is 7.47. The van der Waals surface area contributed by atoms with Gasteiger partial charge in [0.2, 0.25) is 0 Å². The third-order valence-corrected chi connectivity index (χ3v) is 1.75. The Morgan fingerprint density at radius 3 is 1.85 bits per heavy atom. The van der Waals surface area contributed by atoms with Gasteiger partial charge in [0, 0.05) is 12.4 Å². The number of oxazole rings is 1. The molecule has 0 aliphatic heterocycles. The molecule has 0 aliphatic carbocycles. The van der Waals surface area contributed by atoms with E-state index in [1.165, 1.54) is 0 Å². The van der Waals surface area contributed by atoms with Gasteiger partial charge in [-0.25, -0.2) is 0 Å². The van der Waals surface area contributed by atoms with E-state index in [4.69, 9.17) is 4.42 Å². The Bertz CT molecular complexity index is 468. The van der Waals surface area contributed by atoms with E-state index in [0.717, 1.165) is 11.1 Å². The summed E-state index contributed by atoms with van der Waals surface area (Å²) in [5.74, 6) is 0. The summed E-state index contributed by atoms with van der Waals surface area (Å²) < 4.78 is 4.88. The number of fused-ring (bicyclic) bond motifs is 1. The van der Waals surface area contributed by atoms with E-state index >= 15 is 0 Å². The van der Waals surface area contributed by atoms with Crippen LogP contribution < -0.4 is 49.6 Å². The summed E-state index contributed by atoms with van der Waals surface area (Å²) in [6.07, 6.45) is 5.91. The van der Waals surface area contributed by atoms with E-state index in [1.54, 1.807) is 12.4 Å². The molecule has 0 bridgehead atoms. The molecule has 3 rings (SSSR count). The van der Waals surface area contributed by atoms with Gasteiger partial charge >= 0.3 is 26.2 Å². The molecule has 0 N–H and O–H groups in total. The van der Waals surface area contributed by atoms with Crippen LogP contribution in [0, 0.1) is 6.39 Å². The zero-order valence-corrected chi connectivity index (χ0v) is 15.5. The first kappa shape index (κ1) is 28.1. The summed E-state index contributed by atoms with van der Waals surface area (Å²) in [7, 11) is 0. The fourth-order valence-corrected chi connectivity index (χ4v) is 1.07. The molecule has 0 unspecified atom stereocenters. The predicted octanol–water partition coefficient (Wildman–Crippen LogP) is -9.28. The molecule has 1 aromatic carbocycles. The summed E-state index contributed by atoms with van der Waals surface area (Å²) in [5.41, 5.74) is 1.65. The zero-order chi connectivity index (χ0) is 10.3. The van der Waals surface area contributed by atoms with Gasteiger partial charge in [0.1, 0.15) is 6.39 Å². The molecule has 0 saturated heterocycles. The van der Waals surface area contributed by atoms with Crippen molar-refractivity contribution in [1.29, 1.82) is 0 Å². The quantitative estimate of drug-likeness (QED) is 0.333. The number of hydrogen-bond acceptors (Lipinski definition) is 3. The topological polar surface area (TPSA) is 38.9 Å². The van der Waals surface area contributed by atoms with Crippen LogP contribution in [0.2, 0.25) is 0 Å². The number of halogens is 4. The van der Waals surface area contributed by atoms with Crippen molar-refractivity contribution in [2.75, 3.05) is 0 Å². The second-order valence-electron chi connectivity index (χ2n) is 2.80. The van der Waals surface area contributed by atoms with E-state index < -0.39 is 0 Å². The smallest absolute Gasteiger partial charge is 1.00 e. The monoisotopic (exact) mass is 427 g/mol. The molecule has 2 heterocycles. The molecule has 20 heavy (non-hydrogen) atoms. The van der Waals surface area contributed by atoms with Gasteiger partial charge in [0.25, 0.3) is 0 Å². The Morgan fingerprint density at radius 2 is 1.40 bits per heavy atom. The minimum absolute atomic E-state index is 0. The Kier molecular flexibility index (Phi) is 23.8. The van der Waals surface area contributed by atoms with Crippen molar-refractivity contribution in [3.05, 3.63) is 61.3 Å². The number of benzene rings is 1. The van der Waals surface area contributed by atoms with Crippen molar-refractivity contribution < 1.29 is 80.2 Å². The average molecular weight is 430 g/mol. The van der Waals surface area contributed by atoms with E-state index in [-0.39, 0.29) is 75.8 Å². The fraction of sp³-hybridized carbons (Fsp3) is 0. The molecule has 0 saturated carbocycles. The predicted molar refractivity (Wildman–Crippen MR) is 57.1 cm³/mol. The third kappa shape index (κ3) is 9.73. The van der Waals surface area contributed by atoms with Crippen LogP contribution in [-0.4, -0.2) is 9.97 Å². The van der Waals surface area contributed by atoms with Gasteiger partial charge in [0.05, 0.1) is 0 Å². The number of para-hydroxylation sites is 2. The molecule has 0 spiro atoms. The maximum atomic E-state index is 4.88. The van der Waals surface area contributed by atoms with Crippen LogP contribution in [0.5, 0.6) is 0 Å². The van der Waals surface area contributed by atoms with E-state index in [9.17, 15) is 0 Å². The van der Waals surface area contributed by atoms with Gasteiger partial charge in [-0.05, 0) is 23.2 Å². The Balaban J connectivity index is -0.000000107. The molecule has 0 aliphatic rings. The number of hydrogen-bond donors (Lipinski definition) is 0. The van der Waals surface area contributed by atoms with Gasteiger partial charge in [0.15, 0.2) is 0 Å². The summed E-state index contributed by atoms with van der Waals surface area (Å²) in [6.45, 7) is 0. The minimum Gasteiger partial charge on any atom is -1.00 e. The molecule has 3 aromatic rings. The number of rotatable bonds is 0. The van der Waals surface area contributed by atoms with Crippen LogP contribution in [0.3, 0.4) is 0 Å². The van der Waals surface area contributed by atoms with Crippen molar-refractivity contribution in [2.45, 2.75) is 0 Å². The molecule has 2 aromatic heterocycles. The molecule has 0 amide bonds. The molecule has 8 heteroatoms. The Morgan fingerprint density at radius 1 is 0.800 bits per heavy atom. The van der Waals surface area contributed by atoms with Crippen molar-refractivity contribution >= 4 is 11.1 Å². The fourth-order valence-electron chi connectivity index (χ4n) is 1.07. The summed E-state index contributed by atoms with van der Waals surface area (Å²) >= 11 is 0. The molecule has 3 nitrogen and oxygen atoms in total. The van der Waals surface area contributed by atoms with Crippen LogP contribution >= 0.6 is 0 Å². The van der Waals surface area contributed by atoms with Gasteiger partial charge < -0.3 is 59.0 Å². The molecule has 0 atom stereocenters. The standard InChI is InChI=1S/C7H4NO.C5H5N.4ClH.Zr/c1-2-4-7-6(3-1)8-5-9-7;1-2-4-6-5-3-1;;;;;/h1-4H;1-5H;4*1H;/q-1;;;;;;+4/p-4. The van der Waals surface area contributed by atoms with Gasteiger partial charge in [-0.2, -0.15) is 0 Å². The first-order valence-electron chi connectivity index (χ1n) is 4.53. The number of pyridine rings is 1. The van der Waals surface area contributed by atoms with E-state index in [0.29, 0.717) is 0 Å². The summed E-state index contributed by atoms with van der Waals surface area (Å²) in [6, 6.07) is 13.3. The van der Waals surface area contributed by atoms with Crippen LogP contribution in [0.4, 0.5) is 0 Å². The number of aromatic nitrogens is 2. The maximum Gasteiger partial charge on any atom is 4.00 e. The van der Waals surface area contributed by atoms with Crippen molar-refractivity contribution in [3.8, 4) is 0 Å². The first-order valence-corrected chi connectivity index (χ1v) is 4.53. The van der Waals surface area contributed by atoms with Crippen LogP contribution in [0.15, 0.2) is 59.3 Å². The summed E-state index contributed by atoms with van der Waals surface area (Å²) in [5, 5.41) is 0. The Labute approximate surface area is 161 Å². The second kappa shape index (κ2) is 16.9. The maximum absolute atomic E-state index is 4.88. The van der Waals surface area contributed by atoms with Crippen LogP contribution in [0.1, 0.15) is 0 Å². The van der Waals surface area contributed by atoms with Crippen molar-refractivity contribution in [2.24, 2.45) is 0 Å². The van der Waals surface area contributed by atoms with Crippen molar-refractivity contribution in [1.82, 2.24) is 9.97 Å². The largest absolute Gasteiger partial charge is 4.00 e. The SMILES string of the molecule is [Cl-].[Cl-].[Cl-].[Cl-].[Zr+4].[c-]1nc2ccccc2o1.c1ccncc1. The molecular formula is C12H9Cl4N2OZr-. The summed E-state index contributed by atoms with van der Waals surface area (Å²) in [4.78, 5) is 7.61. The molecule has 0 radical (unpaired) electrons. The number of nitrogens with zero attached hydrogens (tertiary/aromatic N) is 2. The van der Waals surface area contributed by atoms with Gasteiger partial charge in [-0.15, -0.1) is 6.07 Å². The Hall–Kier alpha value is -0.117. The third-order valence-electron chi connectivity index (χ3n) is 1.75.